The Bertz CT molecular complexity index is 396. The second-order valence-electron chi connectivity index (χ2n) is 5.59. The summed E-state index contributed by atoms with van der Waals surface area (Å²) in [6.07, 6.45) is 6.65. The molecule has 0 amide bonds. The zero-order valence-electron chi connectivity index (χ0n) is 11.0. The maximum absolute atomic E-state index is 6.01. The molecule has 0 spiro atoms. The summed E-state index contributed by atoms with van der Waals surface area (Å²) in [6, 6.07) is 0.338. The van der Waals surface area contributed by atoms with Gasteiger partial charge in [-0.05, 0) is 39.4 Å². The van der Waals surface area contributed by atoms with Gasteiger partial charge in [0.15, 0.2) is 0 Å². The first kappa shape index (κ1) is 13.8. The number of rotatable bonds is 1. The third-order valence-corrected chi connectivity index (χ3v) is 4.25. The van der Waals surface area contributed by atoms with Crippen LogP contribution in [0.3, 0.4) is 0 Å². The van der Waals surface area contributed by atoms with Gasteiger partial charge in [0.05, 0.1) is 0 Å². The Morgan fingerprint density at radius 2 is 1.94 bits per heavy atom. The van der Waals surface area contributed by atoms with Gasteiger partial charge in [0.1, 0.15) is 5.82 Å². The van der Waals surface area contributed by atoms with Crippen LogP contribution in [0, 0.1) is 0 Å². The number of aromatic nitrogens is 2. The van der Waals surface area contributed by atoms with Crippen LogP contribution in [-0.2, 0) is 13.0 Å². The molecule has 0 bridgehead atoms. The number of halogens is 1. The Labute approximate surface area is 115 Å². The van der Waals surface area contributed by atoms with Gasteiger partial charge in [0, 0.05) is 36.8 Å². The average Bonchev–Trinajstić information content (AvgIpc) is 2.73. The normalized spacial score (nSPS) is 25.6. The minimum Gasteiger partial charge on any atom is -0.332 e. The second-order valence-corrected chi connectivity index (χ2v) is 5.59. The molecule has 0 saturated carbocycles. The van der Waals surface area contributed by atoms with Crippen molar-refractivity contribution in [1.82, 2.24) is 14.5 Å². The summed E-state index contributed by atoms with van der Waals surface area (Å²) >= 11 is 0. The van der Waals surface area contributed by atoms with Gasteiger partial charge in [-0.3, -0.25) is 0 Å². The van der Waals surface area contributed by atoms with Crippen LogP contribution < -0.4 is 5.73 Å². The zero-order chi connectivity index (χ0) is 11.8. The fraction of sp³-hybridized carbons (Fsp3) is 0.769. The Morgan fingerprint density at radius 1 is 1.22 bits per heavy atom. The van der Waals surface area contributed by atoms with Gasteiger partial charge in [0.25, 0.3) is 0 Å². The van der Waals surface area contributed by atoms with Gasteiger partial charge in [-0.2, -0.15) is 0 Å². The van der Waals surface area contributed by atoms with E-state index >= 15 is 0 Å². The molecule has 3 heterocycles. The van der Waals surface area contributed by atoms with Crippen molar-refractivity contribution in [2.45, 2.75) is 44.2 Å². The van der Waals surface area contributed by atoms with Crippen molar-refractivity contribution in [3.63, 3.8) is 0 Å². The molecule has 3 rings (SSSR count). The molecule has 2 aliphatic heterocycles. The van der Waals surface area contributed by atoms with Gasteiger partial charge < -0.3 is 15.2 Å². The molecule has 1 atom stereocenters. The van der Waals surface area contributed by atoms with E-state index in [4.69, 9.17) is 5.73 Å². The highest BCUT2D eigenvalue weighted by Gasteiger charge is 2.26. The summed E-state index contributed by atoms with van der Waals surface area (Å²) in [6.45, 7) is 3.47. The third-order valence-electron chi connectivity index (χ3n) is 4.25. The number of hydrogen-bond donors (Lipinski definition) is 1. The third kappa shape index (κ3) is 2.56. The van der Waals surface area contributed by atoms with Crippen LogP contribution in [0.1, 0.15) is 36.7 Å². The smallest absolute Gasteiger partial charge is 0.112 e. The Kier molecular flexibility index (Phi) is 4.30. The molecule has 18 heavy (non-hydrogen) atoms. The predicted octanol–water partition coefficient (Wildman–Crippen LogP) is 1.39. The molecule has 1 aromatic heterocycles. The lowest BCUT2D eigenvalue weighted by Crippen LogP contribution is -2.33. The fourth-order valence-corrected chi connectivity index (χ4v) is 3.11. The summed E-state index contributed by atoms with van der Waals surface area (Å²) in [4.78, 5) is 7.08. The van der Waals surface area contributed by atoms with Crippen LogP contribution in [0.2, 0.25) is 0 Å². The highest BCUT2D eigenvalue weighted by molar-refractivity contribution is 5.85. The minimum absolute atomic E-state index is 0. The van der Waals surface area contributed by atoms with Crippen LogP contribution in [-0.4, -0.2) is 40.6 Å². The van der Waals surface area contributed by atoms with Crippen molar-refractivity contribution < 1.29 is 0 Å². The molecular weight excluding hydrogens is 248 g/mol. The van der Waals surface area contributed by atoms with Crippen molar-refractivity contribution >= 4 is 12.4 Å². The SMILES string of the molecule is CN1CCC(c2ncc3n2CCC(N)C3)CC1.Cl. The number of fused-ring (bicyclic) bond motifs is 1. The van der Waals surface area contributed by atoms with E-state index in [2.05, 4.69) is 21.5 Å². The van der Waals surface area contributed by atoms with Gasteiger partial charge in [0.2, 0.25) is 0 Å². The van der Waals surface area contributed by atoms with E-state index in [1.165, 1.54) is 37.4 Å². The van der Waals surface area contributed by atoms with Crippen molar-refractivity contribution in [2.24, 2.45) is 5.73 Å². The van der Waals surface area contributed by atoms with Gasteiger partial charge in [-0.15, -0.1) is 12.4 Å². The van der Waals surface area contributed by atoms with Crippen LogP contribution in [0.25, 0.3) is 0 Å². The first-order valence-corrected chi connectivity index (χ1v) is 6.72. The van der Waals surface area contributed by atoms with E-state index in [1.807, 2.05) is 6.20 Å². The van der Waals surface area contributed by atoms with Crippen LogP contribution in [0.15, 0.2) is 6.20 Å². The van der Waals surface area contributed by atoms with Gasteiger partial charge >= 0.3 is 0 Å². The maximum atomic E-state index is 6.01. The number of nitrogens with zero attached hydrogens (tertiary/aromatic N) is 3. The molecule has 1 aromatic rings. The maximum Gasteiger partial charge on any atom is 0.112 e. The summed E-state index contributed by atoms with van der Waals surface area (Å²) in [5, 5.41) is 0. The lowest BCUT2D eigenvalue weighted by molar-refractivity contribution is 0.247. The highest BCUT2D eigenvalue weighted by atomic mass is 35.5. The molecule has 2 N–H and O–H groups in total. The molecule has 5 heteroatoms. The quantitative estimate of drug-likeness (QED) is 0.839. The first-order chi connectivity index (χ1) is 8.24. The largest absolute Gasteiger partial charge is 0.332 e. The Balaban J connectivity index is 0.00000120. The number of piperidine rings is 1. The van der Waals surface area contributed by atoms with Crippen molar-refractivity contribution in [3.05, 3.63) is 17.7 Å². The molecule has 1 unspecified atom stereocenters. The molecule has 0 aromatic carbocycles. The highest BCUT2D eigenvalue weighted by Crippen LogP contribution is 2.29. The minimum atomic E-state index is 0. The average molecular weight is 271 g/mol. The van der Waals surface area contributed by atoms with Crippen molar-refractivity contribution in [2.75, 3.05) is 20.1 Å². The molecule has 0 radical (unpaired) electrons. The van der Waals surface area contributed by atoms with Gasteiger partial charge in [-0.1, -0.05) is 0 Å². The molecule has 4 nitrogen and oxygen atoms in total. The van der Waals surface area contributed by atoms with E-state index in [0.29, 0.717) is 12.0 Å². The Hall–Kier alpha value is -0.580. The molecule has 0 aliphatic carbocycles. The van der Waals surface area contributed by atoms with E-state index in [-0.39, 0.29) is 12.4 Å². The predicted molar refractivity (Wildman–Crippen MR) is 75.2 cm³/mol. The van der Waals surface area contributed by atoms with E-state index in [1.54, 1.807) is 0 Å². The summed E-state index contributed by atoms with van der Waals surface area (Å²) in [5.41, 5.74) is 7.35. The molecule has 1 fully saturated rings. The summed E-state index contributed by atoms with van der Waals surface area (Å²) in [7, 11) is 2.20. The number of imidazole rings is 1. The zero-order valence-corrected chi connectivity index (χ0v) is 11.8. The fourth-order valence-electron chi connectivity index (χ4n) is 3.11. The molecule has 102 valence electrons. The lowest BCUT2D eigenvalue weighted by atomic mass is 9.95. The van der Waals surface area contributed by atoms with Crippen molar-refractivity contribution in [1.29, 1.82) is 0 Å². The number of likely N-dealkylation sites (tertiary alicyclic amines) is 1. The number of nitrogens with two attached hydrogens (primary N) is 1. The monoisotopic (exact) mass is 270 g/mol. The number of hydrogen-bond acceptors (Lipinski definition) is 3. The molecule has 2 aliphatic rings. The first-order valence-electron chi connectivity index (χ1n) is 6.72. The van der Waals surface area contributed by atoms with Crippen LogP contribution in [0.4, 0.5) is 0 Å². The second kappa shape index (κ2) is 5.59. The van der Waals surface area contributed by atoms with Crippen molar-refractivity contribution in [3.8, 4) is 0 Å². The van der Waals surface area contributed by atoms with Crippen LogP contribution >= 0.6 is 12.4 Å². The lowest BCUT2D eigenvalue weighted by Gasteiger charge is -2.30. The molecule has 1 saturated heterocycles. The van der Waals surface area contributed by atoms with E-state index in [9.17, 15) is 0 Å². The van der Waals surface area contributed by atoms with E-state index in [0.717, 1.165) is 19.4 Å². The standard InChI is InChI=1S/C13H22N4.ClH/c1-16-5-2-10(3-6-16)13-15-9-12-8-11(14)4-7-17(12)13;/h9-11H,2-8,14H2,1H3;1H. The summed E-state index contributed by atoms with van der Waals surface area (Å²) < 4.78 is 2.43. The van der Waals surface area contributed by atoms with Gasteiger partial charge in [-0.25, -0.2) is 4.98 Å². The van der Waals surface area contributed by atoms with Crippen LogP contribution in [0.5, 0.6) is 0 Å². The Morgan fingerprint density at radius 3 is 2.67 bits per heavy atom. The van der Waals surface area contributed by atoms with E-state index < -0.39 is 0 Å². The molecular formula is C13H23ClN4. The summed E-state index contributed by atoms with van der Waals surface area (Å²) in [5.74, 6) is 1.98. The topological polar surface area (TPSA) is 47.1 Å².